The number of carbonyl (C=O) groups is 1. The summed E-state index contributed by atoms with van der Waals surface area (Å²) in [5.74, 6) is 0. The van der Waals surface area contributed by atoms with Crippen molar-refractivity contribution in [1.82, 2.24) is 0 Å². The van der Waals surface area contributed by atoms with E-state index in [9.17, 15) is 0 Å². The molecule has 0 atom stereocenters. The SMILES string of the molecule is C=O.[O]=[Mn](=[O])(=[O])[OH]. The Bertz CT molecular complexity index is 141. The van der Waals surface area contributed by atoms with Gasteiger partial charge in [-0.25, -0.2) is 0 Å². The fourth-order valence-corrected chi connectivity index (χ4v) is 0. The van der Waals surface area contributed by atoms with Crippen molar-refractivity contribution in [2.75, 3.05) is 0 Å². The van der Waals surface area contributed by atoms with Crippen LogP contribution in [0.15, 0.2) is 0 Å². The van der Waals surface area contributed by atoms with Crippen LogP contribution in [-0.2, 0) is 29.3 Å². The van der Waals surface area contributed by atoms with Crippen LogP contribution in [0.25, 0.3) is 0 Å². The van der Waals surface area contributed by atoms with E-state index < -0.39 is 13.0 Å². The maximum absolute atomic E-state index is 8.69. The Hall–Kier alpha value is -0.451. The Morgan fingerprint density at radius 2 is 1.14 bits per heavy atom. The van der Waals surface area contributed by atoms with E-state index in [-0.39, 0.29) is 0 Å². The molecule has 0 unspecified atom stereocenters. The van der Waals surface area contributed by atoms with Gasteiger partial charge in [0.2, 0.25) is 0 Å². The van der Waals surface area contributed by atoms with Crippen molar-refractivity contribution in [2.45, 2.75) is 0 Å². The Balaban J connectivity index is 0. The van der Waals surface area contributed by atoms with Gasteiger partial charge in [0.15, 0.2) is 0 Å². The fourth-order valence-electron chi connectivity index (χ4n) is 0. The second-order valence-corrected chi connectivity index (χ2v) is 1.63. The summed E-state index contributed by atoms with van der Waals surface area (Å²) in [7, 11) is 0. The molecular weight excluding hydrogens is 147 g/mol. The molecule has 0 aromatic carbocycles. The minimum atomic E-state index is -5.38. The van der Waals surface area contributed by atoms with Gasteiger partial charge in [-0.3, -0.25) is 0 Å². The summed E-state index contributed by atoms with van der Waals surface area (Å²) in [5, 5.41) is 0. The molecule has 0 bridgehead atoms. The van der Waals surface area contributed by atoms with Gasteiger partial charge in [0.25, 0.3) is 0 Å². The second kappa shape index (κ2) is 3.73. The van der Waals surface area contributed by atoms with E-state index in [0.29, 0.717) is 0 Å². The summed E-state index contributed by atoms with van der Waals surface area (Å²) >= 11 is -5.38. The Kier molecular flexibility index (Phi) is 5.19. The second-order valence-electron chi connectivity index (χ2n) is 0.396. The normalized spacial score (nSPS) is 8.71. The van der Waals surface area contributed by atoms with Crippen LogP contribution < -0.4 is 0 Å². The van der Waals surface area contributed by atoms with Crippen LogP contribution in [0.3, 0.4) is 0 Å². The zero-order valence-corrected chi connectivity index (χ0v) is 4.35. The zero-order chi connectivity index (χ0) is 6.50. The molecule has 5 nitrogen and oxygen atoms in total. The Morgan fingerprint density at radius 3 is 1.14 bits per heavy atom. The van der Waals surface area contributed by atoms with Crippen LogP contribution in [0.1, 0.15) is 0 Å². The van der Waals surface area contributed by atoms with Crippen LogP contribution in [0, 0.1) is 0 Å². The van der Waals surface area contributed by atoms with Crippen molar-refractivity contribution in [1.29, 1.82) is 0 Å². The molecule has 1 N–H and O–H groups in total. The van der Waals surface area contributed by atoms with Crippen LogP contribution in [0.5, 0.6) is 0 Å². The van der Waals surface area contributed by atoms with E-state index in [1.165, 1.54) is 0 Å². The first-order chi connectivity index (χ1) is 3.00. The monoisotopic (exact) mass is 150 g/mol. The first-order valence-electron chi connectivity index (χ1n) is 0.921. The predicted molar refractivity (Wildman–Crippen MR) is 11.4 cm³/mol. The summed E-state index contributed by atoms with van der Waals surface area (Å²) < 4.78 is 33.1. The van der Waals surface area contributed by atoms with E-state index in [2.05, 4.69) is 0 Å². The van der Waals surface area contributed by atoms with Crippen molar-refractivity contribution in [3.63, 3.8) is 0 Å². The van der Waals surface area contributed by atoms with E-state index in [0.717, 1.165) is 0 Å². The van der Waals surface area contributed by atoms with Crippen LogP contribution in [0.4, 0.5) is 0 Å². The molecule has 0 aromatic heterocycles. The van der Waals surface area contributed by atoms with Gasteiger partial charge in [0.1, 0.15) is 6.79 Å². The molecule has 0 amide bonds. The number of hydrogen-bond donors (Lipinski definition) is 1. The van der Waals surface area contributed by atoms with Crippen LogP contribution in [0.2, 0.25) is 0 Å². The third kappa shape index (κ3) is 344. The van der Waals surface area contributed by atoms with Gasteiger partial charge >= 0.3 is 28.7 Å². The Morgan fingerprint density at radius 1 is 1.14 bits per heavy atom. The summed E-state index contributed by atoms with van der Waals surface area (Å²) in [6.07, 6.45) is 0. The van der Waals surface area contributed by atoms with Gasteiger partial charge < -0.3 is 4.79 Å². The first kappa shape index (κ1) is 9.75. The molecule has 0 spiro atoms. The molecule has 0 saturated carbocycles. The summed E-state index contributed by atoms with van der Waals surface area (Å²) in [6, 6.07) is 0. The quantitative estimate of drug-likeness (QED) is 0.442. The molecule has 0 radical (unpaired) electrons. The van der Waals surface area contributed by atoms with Gasteiger partial charge in [-0.05, 0) is 0 Å². The van der Waals surface area contributed by atoms with Gasteiger partial charge in [-0.1, -0.05) is 0 Å². The predicted octanol–water partition coefficient (Wildman–Crippen LogP) is -1.10. The van der Waals surface area contributed by atoms with E-state index in [1.54, 1.807) is 0 Å². The van der Waals surface area contributed by atoms with Crippen molar-refractivity contribution < 1.29 is 33.5 Å². The van der Waals surface area contributed by atoms with Crippen molar-refractivity contribution in [2.24, 2.45) is 0 Å². The average Bonchev–Trinajstić information content (AvgIpc) is 1.36. The average molecular weight is 150 g/mol. The summed E-state index contributed by atoms with van der Waals surface area (Å²) in [6.45, 7) is 2.00. The molecule has 0 saturated heterocycles. The van der Waals surface area contributed by atoms with Crippen LogP contribution >= 0.6 is 0 Å². The number of carbonyl (C=O) groups excluding carboxylic acids is 1. The topological polar surface area (TPSA) is 88.5 Å². The van der Waals surface area contributed by atoms with E-state index >= 15 is 0 Å². The number of rotatable bonds is 0. The zero-order valence-electron chi connectivity index (χ0n) is 3.17. The van der Waals surface area contributed by atoms with Crippen molar-refractivity contribution >= 4 is 6.79 Å². The molecule has 0 rings (SSSR count). The third-order valence-corrected chi connectivity index (χ3v) is 0. The molecule has 44 valence electrons. The van der Waals surface area contributed by atoms with E-state index in [1.807, 2.05) is 6.79 Å². The standard InChI is InChI=1S/CH2O.Mn.H2O.3O/c1-2;;;;;/h1H2;;1H2;;;/q;+1;;;;/p-1. The van der Waals surface area contributed by atoms with E-state index in [4.69, 9.17) is 20.5 Å². The van der Waals surface area contributed by atoms with Crippen LogP contribution in [-0.4, -0.2) is 11.0 Å². The van der Waals surface area contributed by atoms with Gasteiger partial charge in [0, 0.05) is 0 Å². The maximum atomic E-state index is 8.69. The van der Waals surface area contributed by atoms with Gasteiger partial charge in [-0.2, -0.15) is 0 Å². The molecule has 0 aliphatic rings. The van der Waals surface area contributed by atoms with Crippen molar-refractivity contribution in [3.8, 4) is 0 Å². The summed E-state index contributed by atoms with van der Waals surface area (Å²) in [4.78, 5) is 8.00. The minimum absolute atomic E-state index is 2.00. The molecular formula is CH3MnO5. The molecule has 6 heteroatoms. The Labute approximate surface area is 41.1 Å². The molecule has 0 heterocycles. The molecule has 0 fully saturated rings. The molecule has 0 aromatic rings. The summed E-state index contributed by atoms with van der Waals surface area (Å²) in [5.41, 5.74) is 0. The number of hydrogen-bond acceptors (Lipinski definition) is 4. The molecule has 0 aliphatic carbocycles. The molecule has 0 aliphatic heterocycles. The van der Waals surface area contributed by atoms with Crippen molar-refractivity contribution in [3.05, 3.63) is 0 Å². The van der Waals surface area contributed by atoms with Gasteiger partial charge in [0.05, 0.1) is 0 Å². The fraction of sp³-hybridized carbons (Fsp3) is 0. The van der Waals surface area contributed by atoms with Gasteiger partial charge in [-0.15, -0.1) is 0 Å². The first-order valence-corrected chi connectivity index (χ1v) is 2.89. The molecule has 7 heavy (non-hydrogen) atoms. The third-order valence-electron chi connectivity index (χ3n) is 0.